The molecule has 0 N–H and O–H groups in total. The van der Waals surface area contributed by atoms with Crippen LogP contribution in [-0.4, -0.2) is 14.8 Å². The van der Waals surface area contributed by atoms with Crippen molar-refractivity contribution < 1.29 is 4.74 Å². The van der Waals surface area contributed by atoms with Crippen molar-refractivity contribution in [3.63, 3.8) is 0 Å². The van der Waals surface area contributed by atoms with E-state index in [1.54, 1.807) is 11.3 Å². The highest BCUT2D eigenvalue weighted by Gasteiger charge is 2.17. The number of ether oxygens (including phenoxy) is 1. The van der Waals surface area contributed by atoms with Gasteiger partial charge in [0.2, 0.25) is 0 Å². The molecule has 0 unspecified atom stereocenters. The Kier molecular flexibility index (Phi) is 8.81. The predicted octanol–water partition coefficient (Wildman–Crippen LogP) is 7.61. The topological polar surface area (TPSA) is 39.9 Å². The quantitative estimate of drug-likeness (QED) is 0.298. The standard InChI is InChI=1S/C20H15N3OS.C4H8.C3H8/c1-2-4-14(5-3-1)18-9-17-12-24-19-8-15(20-10-21-13-25-20)6-7-16(19)11-23(17)22-18;1-3-4-2;1-3-2/h1-10,13H,11-12H2;3-4H,1-2H3;3H2,1-2H3/b;4-3-;. The summed E-state index contributed by atoms with van der Waals surface area (Å²) in [5.74, 6) is 0.928. The maximum absolute atomic E-state index is 6.09. The van der Waals surface area contributed by atoms with Crippen LogP contribution in [0.15, 0.2) is 78.5 Å². The Morgan fingerprint density at radius 1 is 1.00 bits per heavy atom. The average molecular weight is 446 g/mol. The second-order valence-corrected chi connectivity index (χ2v) is 8.28. The molecule has 0 atom stereocenters. The van der Waals surface area contributed by atoms with E-state index in [-0.39, 0.29) is 0 Å². The number of hydrogen-bond donors (Lipinski definition) is 0. The molecule has 3 heterocycles. The summed E-state index contributed by atoms with van der Waals surface area (Å²) in [7, 11) is 0. The molecule has 0 saturated carbocycles. The van der Waals surface area contributed by atoms with Gasteiger partial charge in [-0.15, -0.1) is 11.3 Å². The van der Waals surface area contributed by atoms with Crippen LogP contribution in [0.1, 0.15) is 45.4 Å². The highest BCUT2D eigenvalue weighted by Crippen LogP contribution is 2.32. The van der Waals surface area contributed by atoms with E-state index in [0.29, 0.717) is 6.61 Å². The second-order valence-electron chi connectivity index (χ2n) is 7.40. The fraction of sp³-hybridized carbons (Fsp3) is 0.259. The van der Waals surface area contributed by atoms with Gasteiger partial charge in [-0.3, -0.25) is 9.67 Å². The highest BCUT2D eigenvalue weighted by atomic mass is 32.1. The van der Waals surface area contributed by atoms with E-state index in [0.717, 1.165) is 45.2 Å². The molecule has 5 rings (SSSR count). The number of aromatic nitrogens is 3. The zero-order valence-electron chi connectivity index (χ0n) is 19.3. The Morgan fingerprint density at radius 3 is 2.41 bits per heavy atom. The van der Waals surface area contributed by atoms with Crippen molar-refractivity contribution in [1.82, 2.24) is 14.8 Å². The van der Waals surface area contributed by atoms with Gasteiger partial charge >= 0.3 is 0 Å². The lowest BCUT2D eigenvalue weighted by Crippen LogP contribution is -2.03. The first-order chi connectivity index (χ1) is 15.7. The molecule has 0 fully saturated rings. The molecule has 32 heavy (non-hydrogen) atoms. The third-order valence-electron chi connectivity index (χ3n) is 4.75. The number of hydrogen-bond acceptors (Lipinski definition) is 4. The van der Waals surface area contributed by atoms with Gasteiger partial charge < -0.3 is 4.74 Å². The van der Waals surface area contributed by atoms with Crippen molar-refractivity contribution in [3.8, 4) is 27.4 Å². The monoisotopic (exact) mass is 445 g/mol. The number of rotatable bonds is 2. The summed E-state index contributed by atoms with van der Waals surface area (Å²) >= 11 is 1.64. The van der Waals surface area contributed by atoms with Crippen molar-refractivity contribution in [2.45, 2.75) is 47.3 Å². The van der Waals surface area contributed by atoms with E-state index in [9.17, 15) is 0 Å². The molecule has 0 saturated heterocycles. The number of benzene rings is 2. The molecular weight excluding hydrogens is 414 g/mol. The normalized spacial score (nSPS) is 11.8. The van der Waals surface area contributed by atoms with Crippen molar-refractivity contribution in [1.29, 1.82) is 0 Å². The molecule has 0 bridgehead atoms. The average Bonchev–Trinajstić information content (AvgIpc) is 3.47. The highest BCUT2D eigenvalue weighted by molar-refractivity contribution is 7.13. The Labute approximate surface area is 195 Å². The Balaban J connectivity index is 0.000000367. The Hall–Kier alpha value is -3.18. The smallest absolute Gasteiger partial charge is 0.130 e. The molecule has 2 aromatic carbocycles. The third-order valence-corrected chi connectivity index (χ3v) is 5.57. The SMILES string of the molecule is C/C=C\C.CCC.c1ccc(-c2cc3n(n2)Cc2ccc(-c4cncs4)cc2OC3)cc1. The van der Waals surface area contributed by atoms with Crippen molar-refractivity contribution in [3.05, 3.63) is 89.7 Å². The zero-order chi connectivity index (χ0) is 22.8. The number of fused-ring (bicyclic) bond motifs is 2. The molecular formula is C27H31N3OS. The minimum absolute atomic E-state index is 0.527. The van der Waals surface area contributed by atoms with Gasteiger partial charge in [0.25, 0.3) is 0 Å². The molecule has 1 aliphatic heterocycles. The van der Waals surface area contributed by atoms with Gasteiger partial charge in [-0.25, -0.2) is 0 Å². The summed E-state index contributed by atoms with van der Waals surface area (Å²) < 4.78 is 8.13. The first-order valence-corrected chi connectivity index (χ1v) is 11.9. The van der Waals surface area contributed by atoms with E-state index in [2.05, 4.69) is 55.2 Å². The molecule has 0 aliphatic carbocycles. The van der Waals surface area contributed by atoms with Gasteiger partial charge in [-0.2, -0.15) is 5.10 Å². The first-order valence-electron chi connectivity index (χ1n) is 11.0. The van der Waals surface area contributed by atoms with Gasteiger partial charge in [0.05, 0.1) is 28.3 Å². The van der Waals surface area contributed by atoms with Gasteiger partial charge in [0.15, 0.2) is 0 Å². The van der Waals surface area contributed by atoms with Gasteiger partial charge in [0, 0.05) is 17.3 Å². The summed E-state index contributed by atoms with van der Waals surface area (Å²) in [5, 5.41) is 4.78. The lowest BCUT2D eigenvalue weighted by molar-refractivity contribution is 0.302. The second kappa shape index (κ2) is 12.0. The van der Waals surface area contributed by atoms with Crippen LogP contribution < -0.4 is 4.74 Å². The number of thiazole rings is 1. The third kappa shape index (κ3) is 5.95. The van der Waals surface area contributed by atoms with Crippen LogP contribution in [-0.2, 0) is 13.2 Å². The number of nitrogens with zero attached hydrogens (tertiary/aromatic N) is 3. The van der Waals surface area contributed by atoms with Crippen LogP contribution in [0.3, 0.4) is 0 Å². The lowest BCUT2D eigenvalue weighted by Gasteiger charge is -2.08. The first kappa shape index (κ1) is 23.5. The molecule has 0 spiro atoms. The number of allylic oxidation sites excluding steroid dienone is 2. The van der Waals surface area contributed by atoms with Crippen LogP contribution in [0.2, 0.25) is 0 Å². The van der Waals surface area contributed by atoms with Gasteiger partial charge in [0.1, 0.15) is 12.4 Å². The summed E-state index contributed by atoms with van der Waals surface area (Å²) in [6.07, 6.45) is 7.14. The van der Waals surface area contributed by atoms with Crippen molar-refractivity contribution in [2.24, 2.45) is 0 Å². The molecule has 4 nitrogen and oxygen atoms in total. The maximum Gasteiger partial charge on any atom is 0.130 e. The van der Waals surface area contributed by atoms with Crippen LogP contribution in [0.25, 0.3) is 21.7 Å². The predicted molar refractivity (Wildman–Crippen MR) is 135 cm³/mol. The van der Waals surface area contributed by atoms with Crippen LogP contribution in [0, 0.1) is 0 Å². The molecule has 4 aromatic rings. The Bertz CT molecular complexity index is 1110. The summed E-state index contributed by atoms with van der Waals surface area (Å²) in [5.41, 5.74) is 7.35. The van der Waals surface area contributed by atoms with Crippen molar-refractivity contribution >= 4 is 11.3 Å². The fourth-order valence-electron chi connectivity index (χ4n) is 3.10. The van der Waals surface area contributed by atoms with Crippen LogP contribution in [0.5, 0.6) is 5.75 Å². The maximum atomic E-state index is 6.09. The largest absolute Gasteiger partial charge is 0.487 e. The lowest BCUT2D eigenvalue weighted by atomic mass is 10.1. The zero-order valence-corrected chi connectivity index (χ0v) is 20.1. The van der Waals surface area contributed by atoms with E-state index in [1.807, 2.05) is 60.6 Å². The minimum Gasteiger partial charge on any atom is -0.487 e. The van der Waals surface area contributed by atoms with Gasteiger partial charge in [-0.1, -0.05) is 74.9 Å². The van der Waals surface area contributed by atoms with Crippen molar-refractivity contribution in [2.75, 3.05) is 0 Å². The van der Waals surface area contributed by atoms with E-state index in [4.69, 9.17) is 9.84 Å². The summed E-state index contributed by atoms with van der Waals surface area (Å²) in [4.78, 5) is 5.31. The van der Waals surface area contributed by atoms with Gasteiger partial charge in [-0.05, 0) is 31.5 Å². The van der Waals surface area contributed by atoms with E-state index < -0.39 is 0 Å². The van der Waals surface area contributed by atoms with E-state index >= 15 is 0 Å². The van der Waals surface area contributed by atoms with E-state index in [1.165, 1.54) is 6.42 Å². The van der Waals surface area contributed by atoms with Crippen LogP contribution >= 0.6 is 11.3 Å². The molecule has 2 aromatic heterocycles. The minimum atomic E-state index is 0.527. The summed E-state index contributed by atoms with van der Waals surface area (Å²) in [6, 6.07) is 18.7. The van der Waals surface area contributed by atoms with Crippen LogP contribution in [0.4, 0.5) is 0 Å². The molecule has 5 heteroatoms. The molecule has 0 amide bonds. The fourth-order valence-corrected chi connectivity index (χ4v) is 3.72. The molecule has 1 aliphatic rings. The Morgan fingerprint density at radius 2 is 1.75 bits per heavy atom. The molecule has 0 radical (unpaired) electrons. The molecule has 166 valence electrons. The summed E-state index contributed by atoms with van der Waals surface area (Å²) in [6.45, 7) is 9.50.